The van der Waals surface area contributed by atoms with Crippen LogP contribution in [-0.4, -0.2) is 18.5 Å². The van der Waals surface area contributed by atoms with Gasteiger partial charge in [-0.15, -0.1) is 12.4 Å². The molecule has 0 bridgehead atoms. The van der Waals surface area contributed by atoms with Gasteiger partial charge in [0.15, 0.2) is 0 Å². The van der Waals surface area contributed by atoms with Gasteiger partial charge in [-0.1, -0.05) is 25.5 Å². The van der Waals surface area contributed by atoms with Crippen molar-refractivity contribution in [2.45, 2.75) is 38.6 Å². The molecule has 1 aromatic carbocycles. The molecule has 2 N–H and O–H groups in total. The Morgan fingerprint density at radius 1 is 1.33 bits per heavy atom. The summed E-state index contributed by atoms with van der Waals surface area (Å²) in [5.74, 6) is 0.0916. The number of amides is 1. The summed E-state index contributed by atoms with van der Waals surface area (Å²) in [7, 11) is 0. The molecule has 1 aromatic rings. The van der Waals surface area contributed by atoms with Gasteiger partial charge in [-0.05, 0) is 43.5 Å². The standard InChI is InChI=1S/C14H20N2O.ClH/c1-2-11-6-8-12(9-7-11)16-14(17)13-5-3-4-10-15-13;/h6-9,13,15H,2-5,10H2,1H3,(H,16,17);1H/t13-;/m0./s1. The number of hydrogen-bond donors (Lipinski definition) is 2. The van der Waals surface area contributed by atoms with E-state index in [0.717, 1.165) is 31.5 Å². The average molecular weight is 269 g/mol. The van der Waals surface area contributed by atoms with E-state index in [4.69, 9.17) is 0 Å². The minimum absolute atomic E-state index is 0. The number of piperidine rings is 1. The summed E-state index contributed by atoms with van der Waals surface area (Å²) in [6.07, 6.45) is 4.28. The van der Waals surface area contributed by atoms with E-state index in [9.17, 15) is 4.79 Å². The second-order valence-corrected chi connectivity index (χ2v) is 4.54. The van der Waals surface area contributed by atoms with Crippen LogP contribution in [0.4, 0.5) is 5.69 Å². The zero-order valence-corrected chi connectivity index (χ0v) is 11.6. The lowest BCUT2D eigenvalue weighted by molar-refractivity contribution is -0.118. The van der Waals surface area contributed by atoms with Crippen LogP contribution in [0, 0.1) is 0 Å². The average Bonchev–Trinajstić information content (AvgIpc) is 2.40. The summed E-state index contributed by atoms with van der Waals surface area (Å²) in [5, 5.41) is 6.21. The summed E-state index contributed by atoms with van der Waals surface area (Å²) in [5.41, 5.74) is 2.18. The smallest absolute Gasteiger partial charge is 0.241 e. The van der Waals surface area contributed by atoms with Crippen molar-refractivity contribution in [3.05, 3.63) is 29.8 Å². The second-order valence-electron chi connectivity index (χ2n) is 4.54. The molecule has 1 saturated heterocycles. The van der Waals surface area contributed by atoms with E-state index in [2.05, 4.69) is 29.7 Å². The maximum Gasteiger partial charge on any atom is 0.241 e. The molecule has 2 rings (SSSR count). The van der Waals surface area contributed by atoms with Gasteiger partial charge >= 0.3 is 0 Å². The van der Waals surface area contributed by atoms with E-state index in [1.807, 2.05) is 12.1 Å². The normalized spacial score (nSPS) is 18.8. The van der Waals surface area contributed by atoms with Crippen molar-refractivity contribution in [3.8, 4) is 0 Å². The molecular weight excluding hydrogens is 248 g/mol. The lowest BCUT2D eigenvalue weighted by Gasteiger charge is -2.22. The number of carbonyl (C=O) groups is 1. The highest BCUT2D eigenvalue weighted by atomic mass is 35.5. The summed E-state index contributed by atoms with van der Waals surface area (Å²) < 4.78 is 0. The topological polar surface area (TPSA) is 41.1 Å². The van der Waals surface area contributed by atoms with E-state index in [-0.39, 0.29) is 24.4 Å². The van der Waals surface area contributed by atoms with Gasteiger partial charge in [0.25, 0.3) is 0 Å². The Hall–Kier alpha value is -1.06. The molecule has 0 radical (unpaired) electrons. The molecule has 1 atom stereocenters. The summed E-state index contributed by atoms with van der Waals surface area (Å²) in [4.78, 5) is 11.9. The van der Waals surface area contributed by atoms with Crippen LogP contribution < -0.4 is 10.6 Å². The summed E-state index contributed by atoms with van der Waals surface area (Å²) in [6.45, 7) is 3.08. The molecule has 1 aliphatic heterocycles. The molecule has 0 saturated carbocycles. The number of anilines is 1. The van der Waals surface area contributed by atoms with Gasteiger partial charge in [0.1, 0.15) is 0 Å². The Bertz CT molecular complexity index is 372. The molecule has 3 nitrogen and oxygen atoms in total. The van der Waals surface area contributed by atoms with E-state index in [1.54, 1.807) is 0 Å². The van der Waals surface area contributed by atoms with Crippen molar-refractivity contribution in [3.63, 3.8) is 0 Å². The van der Waals surface area contributed by atoms with Crippen LogP contribution in [0.15, 0.2) is 24.3 Å². The molecule has 0 aliphatic carbocycles. The van der Waals surface area contributed by atoms with Gasteiger partial charge in [0, 0.05) is 5.69 Å². The Kier molecular flexibility index (Phi) is 6.16. The minimum atomic E-state index is -0.0189. The first-order valence-electron chi connectivity index (χ1n) is 6.43. The predicted molar refractivity (Wildman–Crippen MR) is 77.3 cm³/mol. The highest BCUT2D eigenvalue weighted by Gasteiger charge is 2.20. The largest absolute Gasteiger partial charge is 0.325 e. The SMILES string of the molecule is CCc1ccc(NC(=O)[C@@H]2CCCCN2)cc1.Cl. The third-order valence-electron chi connectivity index (χ3n) is 3.26. The maximum atomic E-state index is 11.9. The Morgan fingerprint density at radius 3 is 2.61 bits per heavy atom. The molecule has 0 unspecified atom stereocenters. The first kappa shape index (κ1) is 15.0. The highest BCUT2D eigenvalue weighted by molar-refractivity contribution is 5.94. The number of halogens is 1. The molecule has 0 aromatic heterocycles. The van der Waals surface area contributed by atoms with E-state index >= 15 is 0 Å². The fourth-order valence-electron chi connectivity index (χ4n) is 2.13. The quantitative estimate of drug-likeness (QED) is 0.885. The number of aryl methyl sites for hydroxylation is 1. The van der Waals surface area contributed by atoms with Crippen LogP contribution in [0.2, 0.25) is 0 Å². The van der Waals surface area contributed by atoms with Crippen molar-refractivity contribution < 1.29 is 4.79 Å². The van der Waals surface area contributed by atoms with E-state index in [1.165, 1.54) is 12.0 Å². The molecule has 0 spiro atoms. The lowest BCUT2D eigenvalue weighted by Crippen LogP contribution is -2.43. The first-order valence-corrected chi connectivity index (χ1v) is 6.43. The summed E-state index contributed by atoms with van der Waals surface area (Å²) >= 11 is 0. The number of rotatable bonds is 3. The molecule has 1 amide bonds. The van der Waals surface area contributed by atoms with Gasteiger partial charge in [-0.25, -0.2) is 0 Å². The number of carbonyl (C=O) groups excluding carboxylic acids is 1. The van der Waals surface area contributed by atoms with E-state index < -0.39 is 0 Å². The Morgan fingerprint density at radius 2 is 2.06 bits per heavy atom. The van der Waals surface area contributed by atoms with Crippen LogP contribution >= 0.6 is 12.4 Å². The van der Waals surface area contributed by atoms with Gasteiger partial charge in [-0.2, -0.15) is 0 Å². The molecule has 100 valence electrons. The highest BCUT2D eigenvalue weighted by Crippen LogP contribution is 2.13. The molecule has 1 aliphatic rings. The van der Waals surface area contributed by atoms with Gasteiger partial charge in [-0.3, -0.25) is 4.79 Å². The molecule has 1 heterocycles. The Balaban J connectivity index is 0.00000162. The van der Waals surface area contributed by atoms with Gasteiger partial charge in [0.2, 0.25) is 5.91 Å². The molecule has 1 fully saturated rings. The number of hydrogen-bond acceptors (Lipinski definition) is 2. The van der Waals surface area contributed by atoms with Crippen molar-refractivity contribution in [2.24, 2.45) is 0 Å². The first-order chi connectivity index (χ1) is 8.29. The third kappa shape index (κ3) is 4.00. The molecular formula is C14H21ClN2O. The lowest BCUT2D eigenvalue weighted by atomic mass is 10.0. The van der Waals surface area contributed by atoms with Crippen LogP contribution in [0.3, 0.4) is 0 Å². The zero-order chi connectivity index (χ0) is 12.1. The summed E-state index contributed by atoms with van der Waals surface area (Å²) in [6, 6.07) is 8.04. The minimum Gasteiger partial charge on any atom is -0.325 e. The maximum absolute atomic E-state index is 11.9. The molecule has 18 heavy (non-hydrogen) atoms. The third-order valence-corrected chi connectivity index (χ3v) is 3.26. The fourth-order valence-corrected chi connectivity index (χ4v) is 2.13. The second kappa shape index (κ2) is 7.39. The van der Waals surface area contributed by atoms with Crippen molar-refractivity contribution >= 4 is 24.0 Å². The van der Waals surface area contributed by atoms with Crippen LogP contribution in [0.25, 0.3) is 0 Å². The van der Waals surface area contributed by atoms with E-state index in [0.29, 0.717) is 0 Å². The molecule has 4 heteroatoms. The van der Waals surface area contributed by atoms with Crippen molar-refractivity contribution in [1.82, 2.24) is 5.32 Å². The number of nitrogens with one attached hydrogen (secondary N) is 2. The van der Waals surface area contributed by atoms with Crippen LogP contribution in [-0.2, 0) is 11.2 Å². The van der Waals surface area contributed by atoms with Crippen molar-refractivity contribution in [1.29, 1.82) is 0 Å². The monoisotopic (exact) mass is 268 g/mol. The van der Waals surface area contributed by atoms with Gasteiger partial charge in [0.05, 0.1) is 6.04 Å². The van der Waals surface area contributed by atoms with Gasteiger partial charge < -0.3 is 10.6 Å². The fraction of sp³-hybridized carbons (Fsp3) is 0.500. The van der Waals surface area contributed by atoms with Crippen molar-refractivity contribution in [2.75, 3.05) is 11.9 Å². The number of benzene rings is 1. The Labute approximate surface area is 115 Å². The zero-order valence-electron chi connectivity index (χ0n) is 10.7. The predicted octanol–water partition coefficient (Wildman–Crippen LogP) is 2.75. The van der Waals surface area contributed by atoms with Crippen LogP contribution in [0.5, 0.6) is 0 Å². The van der Waals surface area contributed by atoms with Crippen LogP contribution in [0.1, 0.15) is 31.7 Å².